The molecule has 0 aromatic heterocycles. The normalized spacial score (nSPS) is 13.5. The zero-order valence-corrected chi connectivity index (χ0v) is 10.2. The minimum absolute atomic E-state index is 0.00370. The lowest BCUT2D eigenvalue weighted by molar-refractivity contribution is -0.122. The number of hydrogen-bond donors (Lipinski definition) is 2. The first-order valence-electron chi connectivity index (χ1n) is 5.64. The molecule has 1 aromatic rings. The first kappa shape index (κ1) is 13.1. The van der Waals surface area contributed by atoms with Gasteiger partial charge < -0.3 is 11.1 Å². The van der Waals surface area contributed by atoms with Gasteiger partial charge in [0.1, 0.15) is 0 Å². The predicted octanol–water partition coefficient (Wildman–Crippen LogP) is 1.90. The SMILES string of the molecule is C#CCC(C)NC(=O)C(C)c1cccc(N)c1. The number of terminal acetylenes is 1. The van der Waals surface area contributed by atoms with E-state index < -0.39 is 0 Å². The molecule has 0 saturated carbocycles. The lowest BCUT2D eigenvalue weighted by Gasteiger charge is -2.16. The molecule has 1 amide bonds. The highest BCUT2D eigenvalue weighted by Gasteiger charge is 2.16. The number of anilines is 1. The lowest BCUT2D eigenvalue weighted by atomic mass is 9.99. The number of nitrogen functional groups attached to an aromatic ring is 1. The maximum Gasteiger partial charge on any atom is 0.227 e. The minimum Gasteiger partial charge on any atom is -0.399 e. The quantitative estimate of drug-likeness (QED) is 0.613. The van der Waals surface area contributed by atoms with Crippen LogP contribution in [0, 0.1) is 12.3 Å². The Kier molecular flexibility index (Phi) is 4.59. The number of hydrogen-bond acceptors (Lipinski definition) is 2. The highest BCUT2D eigenvalue weighted by molar-refractivity contribution is 5.83. The van der Waals surface area contributed by atoms with Crippen LogP contribution in [0.3, 0.4) is 0 Å². The largest absolute Gasteiger partial charge is 0.399 e. The Labute approximate surface area is 102 Å². The molecule has 1 aromatic carbocycles. The Hall–Kier alpha value is -1.95. The van der Waals surface area contributed by atoms with Gasteiger partial charge in [-0.25, -0.2) is 0 Å². The number of benzene rings is 1. The van der Waals surface area contributed by atoms with Crippen molar-refractivity contribution in [1.29, 1.82) is 0 Å². The van der Waals surface area contributed by atoms with Gasteiger partial charge in [0.2, 0.25) is 5.91 Å². The molecule has 0 radical (unpaired) electrons. The summed E-state index contributed by atoms with van der Waals surface area (Å²) in [6, 6.07) is 7.35. The van der Waals surface area contributed by atoms with Crippen LogP contribution >= 0.6 is 0 Å². The monoisotopic (exact) mass is 230 g/mol. The van der Waals surface area contributed by atoms with Crippen molar-refractivity contribution in [3.8, 4) is 12.3 Å². The number of carbonyl (C=O) groups is 1. The van der Waals surface area contributed by atoms with E-state index in [1.165, 1.54) is 0 Å². The molecule has 3 N–H and O–H groups in total. The maximum atomic E-state index is 11.9. The van der Waals surface area contributed by atoms with E-state index in [9.17, 15) is 4.79 Å². The van der Waals surface area contributed by atoms with Gasteiger partial charge in [-0.05, 0) is 31.5 Å². The molecule has 0 saturated heterocycles. The topological polar surface area (TPSA) is 55.1 Å². The summed E-state index contributed by atoms with van der Waals surface area (Å²) < 4.78 is 0. The Bertz CT molecular complexity index is 434. The Morgan fingerprint density at radius 2 is 2.24 bits per heavy atom. The van der Waals surface area contributed by atoms with Crippen LogP contribution in [0.25, 0.3) is 0 Å². The molecule has 3 nitrogen and oxygen atoms in total. The molecule has 2 atom stereocenters. The van der Waals surface area contributed by atoms with Gasteiger partial charge in [-0.1, -0.05) is 12.1 Å². The van der Waals surface area contributed by atoms with Gasteiger partial charge >= 0.3 is 0 Å². The van der Waals surface area contributed by atoms with Crippen molar-refractivity contribution in [3.63, 3.8) is 0 Å². The zero-order chi connectivity index (χ0) is 12.8. The van der Waals surface area contributed by atoms with Crippen LogP contribution in [0.4, 0.5) is 5.69 Å². The lowest BCUT2D eigenvalue weighted by Crippen LogP contribution is -2.35. The van der Waals surface area contributed by atoms with E-state index in [2.05, 4.69) is 11.2 Å². The molecular weight excluding hydrogens is 212 g/mol. The van der Waals surface area contributed by atoms with Crippen LogP contribution in [0.5, 0.6) is 0 Å². The van der Waals surface area contributed by atoms with E-state index in [1.54, 1.807) is 6.07 Å². The van der Waals surface area contributed by atoms with Gasteiger partial charge in [0.15, 0.2) is 0 Å². The molecule has 17 heavy (non-hydrogen) atoms. The first-order valence-corrected chi connectivity index (χ1v) is 5.64. The number of carbonyl (C=O) groups excluding carboxylic acids is 1. The number of nitrogens with one attached hydrogen (secondary N) is 1. The molecular formula is C14H18N2O. The third-order valence-corrected chi connectivity index (χ3v) is 2.62. The molecule has 0 aliphatic heterocycles. The molecule has 1 rings (SSSR count). The molecule has 0 spiro atoms. The standard InChI is InChI=1S/C14H18N2O/c1-4-6-10(2)16-14(17)11(3)12-7-5-8-13(15)9-12/h1,5,7-11H,6,15H2,2-3H3,(H,16,17). The number of amides is 1. The van der Waals surface area contributed by atoms with Gasteiger partial charge in [-0.2, -0.15) is 0 Å². The summed E-state index contributed by atoms with van der Waals surface area (Å²) in [6.07, 6.45) is 5.73. The van der Waals surface area contributed by atoms with Gasteiger partial charge in [0.05, 0.1) is 5.92 Å². The van der Waals surface area contributed by atoms with E-state index in [0.717, 1.165) is 5.56 Å². The summed E-state index contributed by atoms with van der Waals surface area (Å²) in [5.41, 5.74) is 7.27. The van der Waals surface area contributed by atoms with E-state index in [1.807, 2.05) is 32.0 Å². The van der Waals surface area contributed by atoms with Crippen LogP contribution in [0.2, 0.25) is 0 Å². The smallest absolute Gasteiger partial charge is 0.227 e. The molecule has 0 aliphatic carbocycles. The average molecular weight is 230 g/mol. The van der Waals surface area contributed by atoms with Crippen molar-refractivity contribution in [3.05, 3.63) is 29.8 Å². The third kappa shape index (κ3) is 3.84. The van der Waals surface area contributed by atoms with Crippen molar-refractivity contribution in [2.24, 2.45) is 0 Å². The molecule has 0 aliphatic rings. The number of nitrogens with two attached hydrogens (primary N) is 1. The van der Waals surface area contributed by atoms with E-state index >= 15 is 0 Å². The molecule has 0 bridgehead atoms. The van der Waals surface area contributed by atoms with Crippen LogP contribution in [0.15, 0.2) is 24.3 Å². The van der Waals surface area contributed by atoms with Gasteiger partial charge in [-0.15, -0.1) is 12.3 Å². The van der Waals surface area contributed by atoms with Crippen LogP contribution in [-0.2, 0) is 4.79 Å². The van der Waals surface area contributed by atoms with Crippen molar-refractivity contribution in [1.82, 2.24) is 5.32 Å². The fourth-order valence-electron chi connectivity index (χ4n) is 1.58. The fraction of sp³-hybridized carbons (Fsp3) is 0.357. The summed E-state index contributed by atoms with van der Waals surface area (Å²) >= 11 is 0. The predicted molar refractivity (Wildman–Crippen MR) is 70.3 cm³/mol. The second kappa shape index (κ2) is 5.95. The summed E-state index contributed by atoms with van der Waals surface area (Å²) in [5.74, 6) is 2.27. The second-order valence-corrected chi connectivity index (χ2v) is 4.21. The first-order chi connectivity index (χ1) is 8.04. The van der Waals surface area contributed by atoms with Crippen LogP contribution in [0.1, 0.15) is 31.7 Å². The minimum atomic E-state index is -0.223. The van der Waals surface area contributed by atoms with Gasteiger partial charge in [-0.3, -0.25) is 4.79 Å². The van der Waals surface area contributed by atoms with Crippen molar-refractivity contribution in [2.45, 2.75) is 32.2 Å². The Morgan fingerprint density at radius 3 is 2.82 bits per heavy atom. The van der Waals surface area contributed by atoms with Gasteiger partial charge in [0.25, 0.3) is 0 Å². The molecule has 2 unspecified atom stereocenters. The van der Waals surface area contributed by atoms with Crippen LogP contribution < -0.4 is 11.1 Å². The number of rotatable bonds is 4. The summed E-state index contributed by atoms with van der Waals surface area (Å²) in [5, 5.41) is 2.88. The summed E-state index contributed by atoms with van der Waals surface area (Å²) in [7, 11) is 0. The molecule has 3 heteroatoms. The van der Waals surface area contributed by atoms with E-state index in [0.29, 0.717) is 12.1 Å². The summed E-state index contributed by atoms with van der Waals surface area (Å²) in [4.78, 5) is 11.9. The summed E-state index contributed by atoms with van der Waals surface area (Å²) in [6.45, 7) is 3.75. The van der Waals surface area contributed by atoms with Gasteiger partial charge in [0, 0.05) is 18.2 Å². The fourth-order valence-corrected chi connectivity index (χ4v) is 1.58. The van der Waals surface area contributed by atoms with Crippen molar-refractivity contribution in [2.75, 3.05) is 5.73 Å². The average Bonchev–Trinajstić information content (AvgIpc) is 2.28. The van der Waals surface area contributed by atoms with Crippen molar-refractivity contribution >= 4 is 11.6 Å². The highest BCUT2D eigenvalue weighted by Crippen LogP contribution is 2.18. The molecule has 0 heterocycles. The van der Waals surface area contributed by atoms with E-state index in [4.69, 9.17) is 12.2 Å². The Balaban J connectivity index is 2.67. The van der Waals surface area contributed by atoms with Crippen molar-refractivity contribution < 1.29 is 4.79 Å². The highest BCUT2D eigenvalue weighted by atomic mass is 16.1. The molecule has 90 valence electrons. The second-order valence-electron chi connectivity index (χ2n) is 4.21. The Morgan fingerprint density at radius 1 is 1.53 bits per heavy atom. The maximum absolute atomic E-state index is 11.9. The third-order valence-electron chi connectivity index (χ3n) is 2.62. The molecule has 0 fully saturated rings. The van der Waals surface area contributed by atoms with E-state index in [-0.39, 0.29) is 17.9 Å². The van der Waals surface area contributed by atoms with Crippen LogP contribution in [-0.4, -0.2) is 11.9 Å². The zero-order valence-electron chi connectivity index (χ0n) is 10.2.